The minimum atomic E-state index is -0.265. The molecule has 8 heteroatoms. The van der Waals surface area contributed by atoms with Crippen LogP contribution in [0.5, 0.6) is 5.75 Å². The lowest BCUT2D eigenvalue weighted by Gasteiger charge is -2.15. The van der Waals surface area contributed by atoms with Gasteiger partial charge in [0.1, 0.15) is 5.75 Å². The van der Waals surface area contributed by atoms with Gasteiger partial charge in [-0.3, -0.25) is 14.9 Å². The highest BCUT2D eigenvalue weighted by molar-refractivity contribution is 5.96. The molecule has 1 unspecified atom stereocenters. The molecule has 1 N–H and O–H groups in total. The molecule has 1 atom stereocenters. The zero-order valence-corrected chi connectivity index (χ0v) is 15.9. The van der Waals surface area contributed by atoms with Gasteiger partial charge in [0.25, 0.3) is 0 Å². The van der Waals surface area contributed by atoms with E-state index in [2.05, 4.69) is 15.5 Å². The Morgan fingerprint density at radius 1 is 1.17 bits per heavy atom. The number of nitrogens with zero attached hydrogens (tertiary/aromatic N) is 3. The van der Waals surface area contributed by atoms with Crippen LogP contribution in [0.15, 0.2) is 59.0 Å². The average Bonchev–Trinajstić information content (AvgIpc) is 3.35. The Hall–Kier alpha value is -3.68. The van der Waals surface area contributed by atoms with E-state index in [1.807, 2.05) is 42.5 Å². The van der Waals surface area contributed by atoms with Crippen LogP contribution in [0.4, 0.5) is 11.7 Å². The van der Waals surface area contributed by atoms with E-state index in [9.17, 15) is 9.59 Å². The standard InChI is InChI=1S/C21H20N4O4/c1-28-17-9-7-14(8-10-17)11-18(26)22-21-24-23-20(29-21)15-12-19(27)25(13-15)16-5-3-2-4-6-16/h2-10,15H,11-13H2,1H3,(H,22,24,26). The van der Waals surface area contributed by atoms with Crippen LogP contribution < -0.4 is 15.0 Å². The lowest BCUT2D eigenvalue weighted by molar-refractivity contribution is -0.117. The second-order valence-electron chi connectivity index (χ2n) is 6.76. The van der Waals surface area contributed by atoms with Crippen molar-refractivity contribution in [3.63, 3.8) is 0 Å². The summed E-state index contributed by atoms with van der Waals surface area (Å²) < 4.78 is 10.7. The maximum absolute atomic E-state index is 12.3. The molecule has 0 spiro atoms. The molecule has 1 aromatic heterocycles. The number of methoxy groups -OCH3 is 1. The molecule has 4 rings (SSSR count). The van der Waals surface area contributed by atoms with Crippen molar-refractivity contribution in [1.29, 1.82) is 0 Å². The van der Waals surface area contributed by atoms with Crippen LogP contribution in [0.2, 0.25) is 0 Å². The molecule has 148 valence electrons. The SMILES string of the molecule is COc1ccc(CC(=O)Nc2nnc(C3CC(=O)N(c4ccccc4)C3)o2)cc1. The highest BCUT2D eigenvalue weighted by Gasteiger charge is 2.35. The quantitative estimate of drug-likeness (QED) is 0.693. The molecule has 29 heavy (non-hydrogen) atoms. The molecule has 1 aliphatic rings. The van der Waals surface area contributed by atoms with E-state index in [1.54, 1.807) is 24.1 Å². The van der Waals surface area contributed by atoms with Gasteiger partial charge >= 0.3 is 6.01 Å². The number of carbonyl (C=O) groups is 2. The van der Waals surface area contributed by atoms with Gasteiger partial charge in [-0.25, -0.2) is 0 Å². The number of aromatic nitrogens is 2. The predicted molar refractivity (Wildman–Crippen MR) is 106 cm³/mol. The monoisotopic (exact) mass is 392 g/mol. The molecule has 0 bridgehead atoms. The Morgan fingerprint density at radius 2 is 1.93 bits per heavy atom. The molecule has 0 saturated carbocycles. The number of benzene rings is 2. The second kappa shape index (κ2) is 8.14. The summed E-state index contributed by atoms with van der Waals surface area (Å²) in [6.07, 6.45) is 0.460. The normalized spacial score (nSPS) is 16.1. The van der Waals surface area contributed by atoms with Gasteiger partial charge in [0.2, 0.25) is 17.7 Å². The van der Waals surface area contributed by atoms with Gasteiger partial charge in [0.05, 0.1) is 19.4 Å². The molecule has 8 nitrogen and oxygen atoms in total. The van der Waals surface area contributed by atoms with Crippen molar-refractivity contribution in [3.8, 4) is 5.75 Å². The van der Waals surface area contributed by atoms with Crippen LogP contribution in [-0.4, -0.2) is 35.7 Å². The number of nitrogens with one attached hydrogen (secondary N) is 1. The molecule has 2 heterocycles. The Balaban J connectivity index is 1.37. The largest absolute Gasteiger partial charge is 0.497 e. The smallest absolute Gasteiger partial charge is 0.322 e. The fraction of sp³-hybridized carbons (Fsp3) is 0.238. The summed E-state index contributed by atoms with van der Waals surface area (Å²) in [6.45, 7) is 0.463. The molecule has 2 aromatic carbocycles. The summed E-state index contributed by atoms with van der Waals surface area (Å²) in [6, 6.07) is 16.7. The van der Waals surface area contributed by atoms with Crippen LogP contribution in [0, 0.1) is 0 Å². The van der Waals surface area contributed by atoms with E-state index < -0.39 is 0 Å². The molecule has 2 amide bonds. The van der Waals surface area contributed by atoms with Crippen molar-refractivity contribution in [3.05, 3.63) is 66.1 Å². The maximum atomic E-state index is 12.3. The number of anilines is 2. The summed E-state index contributed by atoms with van der Waals surface area (Å²) in [5.74, 6) is 0.605. The number of amides is 2. The molecule has 1 saturated heterocycles. The van der Waals surface area contributed by atoms with Crippen molar-refractivity contribution < 1.29 is 18.7 Å². The first kappa shape index (κ1) is 18.7. The Bertz CT molecular complexity index is 1000. The Kier molecular flexibility index (Phi) is 5.24. The molecule has 1 fully saturated rings. The van der Waals surface area contributed by atoms with E-state index in [-0.39, 0.29) is 36.6 Å². The van der Waals surface area contributed by atoms with Crippen molar-refractivity contribution >= 4 is 23.5 Å². The minimum Gasteiger partial charge on any atom is -0.497 e. The van der Waals surface area contributed by atoms with Crippen molar-refractivity contribution in [2.45, 2.75) is 18.8 Å². The zero-order valence-electron chi connectivity index (χ0n) is 15.9. The zero-order chi connectivity index (χ0) is 20.2. The highest BCUT2D eigenvalue weighted by Crippen LogP contribution is 2.31. The predicted octanol–water partition coefficient (Wildman–Crippen LogP) is 2.78. The van der Waals surface area contributed by atoms with Gasteiger partial charge in [-0.15, -0.1) is 5.10 Å². The molecular weight excluding hydrogens is 372 g/mol. The van der Waals surface area contributed by atoms with Gasteiger partial charge in [0.15, 0.2) is 0 Å². The number of hydrogen-bond donors (Lipinski definition) is 1. The van der Waals surface area contributed by atoms with Crippen LogP contribution in [0.3, 0.4) is 0 Å². The fourth-order valence-corrected chi connectivity index (χ4v) is 3.27. The molecule has 1 aliphatic heterocycles. The fourth-order valence-electron chi connectivity index (χ4n) is 3.27. The van der Waals surface area contributed by atoms with Crippen molar-refractivity contribution in [2.75, 3.05) is 23.9 Å². The summed E-state index contributed by atoms with van der Waals surface area (Å²) in [5.41, 5.74) is 1.68. The van der Waals surface area contributed by atoms with Crippen molar-refractivity contribution in [1.82, 2.24) is 10.2 Å². The van der Waals surface area contributed by atoms with Gasteiger partial charge in [-0.2, -0.15) is 0 Å². The lowest BCUT2D eigenvalue weighted by atomic mass is 10.1. The first-order chi connectivity index (χ1) is 14.1. The van der Waals surface area contributed by atoms with Crippen LogP contribution >= 0.6 is 0 Å². The lowest BCUT2D eigenvalue weighted by Crippen LogP contribution is -2.24. The number of para-hydroxylation sites is 1. The molecular formula is C21H20N4O4. The second-order valence-corrected chi connectivity index (χ2v) is 6.76. The first-order valence-corrected chi connectivity index (χ1v) is 9.24. The number of ether oxygens (including phenoxy) is 1. The Morgan fingerprint density at radius 3 is 2.66 bits per heavy atom. The third-order valence-corrected chi connectivity index (χ3v) is 4.75. The van der Waals surface area contributed by atoms with Gasteiger partial charge in [-0.1, -0.05) is 35.4 Å². The molecule has 0 radical (unpaired) electrons. The molecule has 0 aliphatic carbocycles. The number of hydrogen-bond acceptors (Lipinski definition) is 6. The Labute approximate surface area is 167 Å². The van der Waals surface area contributed by atoms with E-state index >= 15 is 0 Å². The van der Waals surface area contributed by atoms with Crippen molar-refractivity contribution in [2.24, 2.45) is 0 Å². The molecule has 3 aromatic rings. The van der Waals surface area contributed by atoms with Crippen LogP contribution in [0.1, 0.15) is 23.8 Å². The van der Waals surface area contributed by atoms with E-state index in [4.69, 9.17) is 9.15 Å². The van der Waals surface area contributed by atoms with Gasteiger partial charge < -0.3 is 14.1 Å². The maximum Gasteiger partial charge on any atom is 0.322 e. The van der Waals surface area contributed by atoms with Gasteiger partial charge in [-0.05, 0) is 29.8 Å². The third kappa shape index (κ3) is 4.26. The van der Waals surface area contributed by atoms with E-state index in [0.717, 1.165) is 17.0 Å². The minimum absolute atomic E-state index is 0.00416. The number of rotatable bonds is 6. The summed E-state index contributed by atoms with van der Waals surface area (Å²) in [4.78, 5) is 26.3. The summed E-state index contributed by atoms with van der Waals surface area (Å²) in [5, 5.41) is 10.5. The van der Waals surface area contributed by atoms with Crippen LogP contribution in [0.25, 0.3) is 0 Å². The van der Waals surface area contributed by atoms with E-state index in [1.165, 1.54) is 0 Å². The average molecular weight is 392 g/mol. The third-order valence-electron chi connectivity index (χ3n) is 4.75. The first-order valence-electron chi connectivity index (χ1n) is 9.24. The van der Waals surface area contributed by atoms with Crippen LogP contribution in [-0.2, 0) is 16.0 Å². The summed E-state index contributed by atoms with van der Waals surface area (Å²) in [7, 11) is 1.59. The number of carbonyl (C=O) groups excluding carboxylic acids is 2. The van der Waals surface area contributed by atoms with Gasteiger partial charge in [0, 0.05) is 18.7 Å². The highest BCUT2D eigenvalue weighted by atomic mass is 16.5. The topological polar surface area (TPSA) is 97.6 Å². The van der Waals surface area contributed by atoms with E-state index in [0.29, 0.717) is 12.4 Å². The summed E-state index contributed by atoms with van der Waals surface area (Å²) >= 11 is 0.